The van der Waals surface area contributed by atoms with Gasteiger partial charge in [-0.15, -0.1) is 0 Å². The van der Waals surface area contributed by atoms with Gasteiger partial charge < -0.3 is 4.90 Å². The van der Waals surface area contributed by atoms with Gasteiger partial charge >= 0.3 is 0 Å². The summed E-state index contributed by atoms with van der Waals surface area (Å²) < 4.78 is 0. The fraction of sp³-hybridized carbons (Fsp3) is 0.111. The zero-order valence-corrected chi connectivity index (χ0v) is 19.3. The van der Waals surface area contributed by atoms with Crippen LogP contribution >= 0.6 is 23.5 Å². The van der Waals surface area contributed by atoms with E-state index in [1.54, 1.807) is 0 Å². The van der Waals surface area contributed by atoms with Crippen molar-refractivity contribution in [2.45, 2.75) is 40.4 Å². The van der Waals surface area contributed by atoms with Crippen LogP contribution in [0, 0.1) is 20.8 Å². The third kappa shape index (κ3) is 2.32. The van der Waals surface area contributed by atoms with Gasteiger partial charge in [-0.1, -0.05) is 59.4 Å². The molecule has 148 valence electrons. The first kappa shape index (κ1) is 18.1. The van der Waals surface area contributed by atoms with Crippen LogP contribution in [0.5, 0.6) is 0 Å². The van der Waals surface area contributed by atoms with E-state index in [1.807, 2.05) is 23.5 Å². The molecule has 4 aromatic carbocycles. The van der Waals surface area contributed by atoms with Crippen molar-refractivity contribution in [3.05, 3.63) is 83.4 Å². The molecule has 0 aromatic heterocycles. The highest BCUT2D eigenvalue weighted by Crippen LogP contribution is 2.47. The van der Waals surface area contributed by atoms with E-state index in [4.69, 9.17) is 0 Å². The molecule has 3 aliphatic heterocycles. The second-order valence-electron chi connectivity index (χ2n) is 8.77. The molecule has 0 saturated heterocycles. The molecule has 0 atom stereocenters. The average Bonchev–Trinajstić information content (AvgIpc) is 2.75. The summed E-state index contributed by atoms with van der Waals surface area (Å²) in [5.41, 5.74) is 12.4. The first-order valence-electron chi connectivity index (χ1n) is 10.7. The number of benzene rings is 4. The van der Waals surface area contributed by atoms with Crippen molar-refractivity contribution >= 4 is 63.7 Å². The molecule has 4 heteroatoms. The standard InChI is InChI=1S/C27H20BNS2/c1-15-13-16(2)27(17(3)14-15)29-18-7-4-9-20-24(18)28-25-19(29)8-5-10-21(25)31-23-12-6-11-22(30-20)26(23)28/h4-14H,1-3H3. The maximum atomic E-state index is 2.54. The number of anilines is 3. The summed E-state index contributed by atoms with van der Waals surface area (Å²) >= 11 is 3.87. The Labute approximate surface area is 192 Å². The lowest BCUT2D eigenvalue weighted by Gasteiger charge is -2.43. The summed E-state index contributed by atoms with van der Waals surface area (Å²) in [5.74, 6) is 0. The summed E-state index contributed by atoms with van der Waals surface area (Å²) in [6.45, 7) is 7.02. The normalized spacial score (nSPS) is 14.5. The van der Waals surface area contributed by atoms with Crippen LogP contribution in [0.4, 0.5) is 17.1 Å². The van der Waals surface area contributed by atoms with E-state index in [0.29, 0.717) is 6.71 Å². The molecular weight excluding hydrogens is 413 g/mol. The summed E-state index contributed by atoms with van der Waals surface area (Å²) in [7, 11) is 0. The largest absolute Gasteiger partial charge is 0.311 e. The molecule has 3 aliphatic rings. The number of aryl methyl sites for hydroxylation is 3. The average molecular weight is 433 g/mol. The lowest BCUT2D eigenvalue weighted by Crippen LogP contribution is -2.62. The number of hydrogen-bond acceptors (Lipinski definition) is 3. The number of rotatable bonds is 1. The third-order valence-electron chi connectivity index (χ3n) is 6.76. The van der Waals surface area contributed by atoms with Crippen molar-refractivity contribution in [2.75, 3.05) is 4.90 Å². The number of hydrogen-bond donors (Lipinski definition) is 0. The Balaban J connectivity index is 1.62. The van der Waals surface area contributed by atoms with Gasteiger partial charge in [-0.05, 0) is 84.7 Å². The molecule has 7 rings (SSSR count). The second kappa shape index (κ2) is 6.24. The minimum absolute atomic E-state index is 0.327. The quantitative estimate of drug-likeness (QED) is 0.300. The molecule has 0 amide bonds. The highest BCUT2D eigenvalue weighted by molar-refractivity contribution is 8.01. The van der Waals surface area contributed by atoms with Gasteiger partial charge in [0, 0.05) is 31.0 Å². The van der Waals surface area contributed by atoms with Gasteiger partial charge in [0.05, 0.1) is 5.69 Å². The summed E-state index contributed by atoms with van der Waals surface area (Å²) in [4.78, 5) is 8.16. The van der Waals surface area contributed by atoms with E-state index in [1.165, 1.54) is 69.7 Å². The predicted octanol–water partition coefficient (Wildman–Crippen LogP) is 5.84. The maximum absolute atomic E-state index is 2.54. The summed E-state index contributed by atoms with van der Waals surface area (Å²) in [6.07, 6.45) is 0. The monoisotopic (exact) mass is 433 g/mol. The van der Waals surface area contributed by atoms with E-state index < -0.39 is 0 Å². The van der Waals surface area contributed by atoms with E-state index in [-0.39, 0.29) is 0 Å². The van der Waals surface area contributed by atoms with Gasteiger partial charge in [-0.2, -0.15) is 0 Å². The first-order valence-corrected chi connectivity index (χ1v) is 12.4. The van der Waals surface area contributed by atoms with Crippen LogP contribution in [0.15, 0.2) is 86.3 Å². The maximum Gasteiger partial charge on any atom is 0.252 e. The molecular formula is C27H20BNS2. The molecule has 4 aromatic rings. The Bertz CT molecular complexity index is 1340. The van der Waals surface area contributed by atoms with Crippen molar-refractivity contribution in [2.24, 2.45) is 0 Å². The molecule has 3 heterocycles. The van der Waals surface area contributed by atoms with Crippen LogP contribution in [-0.4, -0.2) is 6.71 Å². The minimum Gasteiger partial charge on any atom is -0.311 e. The van der Waals surface area contributed by atoms with Crippen LogP contribution < -0.4 is 21.3 Å². The lowest BCUT2D eigenvalue weighted by molar-refractivity contribution is 1.19. The van der Waals surface area contributed by atoms with Gasteiger partial charge in [-0.25, -0.2) is 0 Å². The second-order valence-corrected chi connectivity index (χ2v) is 10.9. The van der Waals surface area contributed by atoms with Gasteiger partial charge in [0.1, 0.15) is 0 Å². The Kier molecular flexibility index (Phi) is 3.64. The zero-order chi connectivity index (χ0) is 20.9. The van der Waals surface area contributed by atoms with Crippen LogP contribution in [-0.2, 0) is 0 Å². The molecule has 0 unspecified atom stereocenters. The lowest BCUT2D eigenvalue weighted by atomic mass is 9.34. The zero-order valence-electron chi connectivity index (χ0n) is 17.7. The minimum atomic E-state index is 0.327. The Morgan fingerprint density at radius 1 is 0.613 bits per heavy atom. The van der Waals surface area contributed by atoms with Crippen molar-refractivity contribution in [3.63, 3.8) is 0 Å². The molecule has 0 aliphatic carbocycles. The molecule has 0 spiro atoms. The van der Waals surface area contributed by atoms with Crippen molar-refractivity contribution < 1.29 is 0 Å². The molecule has 0 bridgehead atoms. The van der Waals surface area contributed by atoms with E-state index in [0.717, 1.165) is 0 Å². The van der Waals surface area contributed by atoms with Crippen LogP contribution in [0.2, 0.25) is 0 Å². The topological polar surface area (TPSA) is 3.24 Å². The SMILES string of the molecule is Cc1cc(C)c(N2c3cccc4c3B3c5c(cccc5Sc5cccc2c53)S4)c(C)c1. The Morgan fingerprint density at radius 3 is 1.58 bits per heavy atom. The van der Waals surface area contributed by atoms with E-state index in [9.17, 15) is 0 Å². The highest BCUT2D eigenvalue weighted by Gasteiger charge is 2.45. The van der Waals surface area contributed by atoms with Gasteiger partial charge in [-0.3, -0.25) is 0 Å². The molecule has 0 N–H and O–H groups in total. The van der Waals surface area contributed by atoms with Crippen LogP contribution in [0.3, 0.4) is 0 Å². The molecule has 0 fully saturated rings. The van der Waals surface area contributed by atoms with Crippen molar-refractivity contribution in [1.82, 2.24) is 0 Å². The Morgan fingerprint density at radius 2 is 1.06 bits per heavy atom. The van der Waals surface area contributed by atoms with Crippen molar-refractivity contribution in [3.8, 4) is 0 Å². The highest BCUT2D eigenvalue weighted by atomic mass is 32.2. The third-order valence-corrected chi connectivity index (χ3v) is 9.06. The molecule has 31 heavy (non-hydrogen) atoms. The van der Waals surface area contributed by atoms with Gasteiger partial charge in [0.2, 0.25) is 0 Å². The molecule has 1 nitrogen and oxygen atoms in total. The fourth-order valence-corrected chi connectivity index (χ4v) is 8.23. The predicted molar refractivity (Wildman–Crippen MR) is 135 cm³/mol. The van der Waals surface area contributed by atoms with Crippen LogP contribution in [0.25, 0.3) is 0 Å². The van der Waals surface area contributed by atoms with Gasteiger partial charge in [0.15, 0.2) is 0 Å². The summed E-state index contributed by atoms with van der Waals surface area (Å²) in [6, 6.07) is 25.2. The van der Waals surface area contributed by atoms with E-state index >= 15 is 0 Å². The first-order chi connectivity index (χ1) is 15.1. The molecule has 0 radical (unpaired) electrons. The number of nitrogens with zero attached hydrogens (tertiary/aromatic N) is 1. The Hall–Kier alpha value is -2.56. The van der Waals surface area contributed by atoms with E-state index in [2.05, 4.69) is 92.4 Å². The fourth-order valence-electron chi connectivity index (χ4n) is 5.77. The van der Waals surface area contributed by atoms with Crippen molar-refractivity contribution in [1.29, 1.82) is 0 Å². The summed E-state index contributed by atoms with van der Waals surface area (Å²) in [5, 5.41) is 0. The van der Waals surface area contributed by atoms with Gasteiger partial charge in [0.25, 0.3) is 6.71 Å². The smallest absolute Gasteiger partial charge is 0.252 e. The molecule has 0 saturated carbocycles. The van der Waals surface area contributed by atoms with Crippen LogP contribution in [0.1, 0.15) is 16.7 Å².